The lowest BCUT2D eigenvalue weighted by Crippen LogP contribution is -2.02. The van der Waals surface area contributed by atoms with Gasteiger partial charge in [0.2, 0.25) is 5.89 Å². The van der Waals surface area contributed by atoms with E-state index in [1.54, 1.807) is 19.5 Å². The van der Waals surface area contributed by atoms with Gasteiger partial charge in [-0.2, -0.15) is 0 Å². The molecule has 3 rings (SSSR count). The lowest BCUT2D eigenvalue weighted by molar-refractivity contribution is 0.420. The van der Waals surface area contributed by atoms with Gasteiger partial charge in [0.15, 0.2) is 0 Å². The molecule has 0 fully saturated rings. The molecular formula is C15H15N3O2. The smallest absolute Gasteiger partial charge is 0.213 e. The van der Waals surface area contributed by atoms with E-state index in [-0.39, 0.29) is 0 Å². The van der Waals surface area contributed by atoms with E-state index in [1.165, 1.54) is 0 Å². The molecule has 5 nitrogen and oxygen atoms in total. The van der Waals surface area contributed by atoms with Crippen molar-refractivity contribution in [2.75, 3.05) is 12.4 Å². The van der Waals surface area contributed by atoms with Crippen LogP contribution in [0.1, 0.15) is 11.7 Å². The van der Waals surface area contributed by atoms with Gasteiger partial charge in [0.25, 0.3) is 0 Å². The van der Waals surface area contributed by atoms with Gasteiger partial charge in [0.1, 0.15) is 17.3 Å². The predicted molar refractivity (Wildman–Crippen MR) is 76.9 cm³/mol. The Morgan fingerprint density at radius 2 is 2.10 bits per heavy atom. The minimum atomic E-state index is 0.497. The molecule has 0 aliphatic carbocycles. The summed E-state index contributed by atoms with van der Waals surface area (Å²) in [7, 11) is 1.66. The number of nitrogens with one attached hydrogen (secondary N) is 1. The number of hydrogen-bond acceptors (Lipinski definition) is 5. The van der Waals surface area contributed by atoms with Crippen molar-refractivity contribution in [3.8, 4) is 5.75 Å². The number of ether oxygens (including phenoxy) is 1. The summed E-state index contributed by atoms with van der Waals surface area (Å²) in [5.74, 6) is 3.07. The molecule has 3 aromatic rings. The van der Waals surface area contributed by atoms with Gasteiger partial charge in [-0.1, -0.05) is 12.1 Å². The molecule has 5 heteroatoms. The first-order chi connectivity index (χ1) is 9.78. The van der Waals surface area contributed by atoms with Crippen LogP contribution in [0.25, 0.3) is 10.8 Å². The fraction of sp³-hybridized carbons (Fsp3) is 0.200. The molecule has 0 amide bonds. The summed E-state index contributed by atoms with van der Waals surface area (Å²) in [6.07, 6.45) is 3.46. The second-order valence-corrected chi connectivity index (χ2v) is 4.43. The summed E-state index contributed by atoms with van der Waals surface area (Å²) in [4.78, 5) is 8.53. The number of oxazole rings is 1. The van der Waals surface area contributed by atoms with E-state index in [1.807, 2.05) is 31.2 Å². The van der Waals surface area contributed by atoms with Crippen LogP contribution in [-0.4, -0.2) is 17.1 Å². The molecule has 0 unspecified atom stereocenters. The standard InChI is InChI=1S/C15H15N3O2/c1-10-8-17-14(20-10)9-18-15-12-4-3-5-13(19-2)11(12)6-7-16-15/h3-8H,9H2,1-2H3,(H,16,18). The molecule has 2 heterocycles. The van der Waals surface area contributed by atoms with E-state index < -0.39 is 0 Å². The summed E-state index contributed by atoms with van der Waals surface area (Å²) in [5, 5.41) is 5.28. The number of aryl methyl sites for hydroxylation is 1. The van der Waals surface area contributed by atoms with E-state index in [9.17, 15) is 0 Å². The Hall–Kier alpha value is -2.56. The van der Waals surface area contributed by atoms with Crippen LogP contribution in [-0.2, 0) is 6.54 Å². The molecule has 2 aromatic heterocycles. The molecular weight excluding hydrogens is 254 g/mol. The molecule has 0 radical (unpaired) electrons. The average molecular weight is 269 g/mol. The van der Waals surface area contributed by atoms with Crippen LogP contribution in [0.4, 0.5) is 5.82 Å². The van der Waals surface area contributed by atoms with Crippen molar-refractivity contribution < 1.29 is 9.15 Å². The lowest BCUT2D eigenvalue weighted by atomic mass is 10.1. The van der Waals surface area contributed by atoms with Crippen molar-refractivity contribution in [3.63, 3.8) is 0 Å². The fourth-order valence-electron chi connectivity index (χ4n) is 2.14. The molecule has 1 aromatic carbocycles. The molecule has 102 valence electrons. The summed E-state index contributed by atoms with van der Waals surface area (Å²) in [6.45, 7) is 2.37. The molecule has 0 saturated carbocycles. The normalized spacial score (nSPS) is 10.7. The maximum Gasteiger partial charge on any atom is 0.213 e. The highest BCUT2D eigenvalue weighted by Gasteiger charge is 2.07. The van der Waals surface area contributed by atoms with Crippen LogP contribution in [0.15, 0.2) is 41.1 Å². The van der Waals surface area contributed by atoms with Crippen molar-refractivity contribution >= 4 is 16.6 Å². The Morgan fingerprint density at radius 3 is 2.85 bits per heavy atom. The monoisotopic (exact) mass is 269 g/mol. The van der Waals surface area contributed by atoms with Crippen LogP contribution in [0, 0.1) is 6.92 Å². The molecule has 0 aliphatic heterocycles. The van der Waals surface area contributed by atoms with Crippen LogP contribution in [0.5, 0.6) is 5.75 Å². The number of benzene rings is 1. The van der Waals surface area contributed by atoms with Crippen LogP contribution in [0.2, 0.25) is 0 Å². The molecule has 0 spiro atoms. The van der Waals surface area contributed by atoms with Gasteiger partial charge < -0.3 is 14.5 Å². The summed E-state index contributed by atoms with van der Waals surface area (Å²) >= 11 is 0. The third kappa shape index (κ3) is 2.30. The number of methoxy groups -OCH3 is 1. The number of anilines is 1. The highest BCUT2D eigenvalue weighted by Crippen LogP contribution is 2.29. The predicted octanol–water partition coefficient (Wildman–Crippen LogP) is 3.15. The first-order valence-corrected chi connectivity index (χ1v) is 6.35. The fourth-order valence-corrected chi connectivity index (χ4v) is 2.14. The van der Waals surface area contributed by atoms with E-state index >= 15 is 0 Å². The minimum absolute atomic E-state index is 0.497. The number of fused-ring (bicyclic) bond motifs is 1. The summed E-state index contributed by atoms with van der Waals surface area (Å²) < 4.78 is 10.8. The van der Waals surface area contributed by atoms with Crippen LogP contribution in [0.3, 0.4) is 0 Å². The number of aromatic nitrogens is 2. The van der Waals surface area contributed by atoms with Gasteiger partial charge in [0, 0.05) is 17.0 Å². The Bertz CT molecular complexity index is 737. The second-order valence-electron chi connectivity index (χ2n) is 4.43. The highest BCUT2D eigenvalue weighted by molar-refractivity contribution is 5.95. The number of nitrogens with zero attached hydrogens (tertiary/aromatic N) is 2. The van der Waals surface area contributed by atoms with E-state index in [0.29, 0.717) is 12.4 Å². The number of pyridine rings is 1. The maximum absolute atomic E-state index is 5.44. The first-order valence-electron chi connectivity index (χ1n) is 6.35. The summed E-state index contributed by atoms with van der Waals surface area (Å²) in [5.41, 5.74) is 0. The second kappa shape index (κ2) is 5.21. The van der Waals surface area contributed by atoms with Gasteiger partial charge >= 0.3 is 0 Å². The van der Waals surface area contributed by atoms with Gasteiger partial charge in [-0.25, -0.2) is 9.97 Å². The highest BCUT2D eigenvalue weighted by atomic mass is 16.5. The van der Waals surface area contributed by atoms with Crippen LogP contribution >= 0.6 is 0 Å². The third-order valence-electron chi connectivity index (χ3n) is 3.06. The van der Waals surface area contributed by atoms with Crippen molar-refractivity contribution in [2.24, 2.45) is 0 Å². The van der Waals surface area contributed by atoms with Gasteiger partial charge in [-0.05, 0) is 19.1 Å². The van der Waals surface area contributed by atoms with Crippen LogP contribution < -0.4 is 10.1 Å². The SMILES string of the molecule is COc1cccc2c(NCc3ncc(C)o3)nccc12. The number of hydrogen-bond donors (Lipinski definition) is 1. The van der Waals surface area contributed by atoms with E-state index in [0.717, 1.165) is 28.1 Å². The lowest BCUT2D eigenvalue weighted by Gasteiger charge is -2.09. The molecule has 20 heavy (non-hydrogen) atoms. The maximum atomic E-state index is 5.44. The van der Waals surface area contributed by atoms with Crippen molar-refractivity contribution in [1.82, 2.24) is 9.97 Å². The summed E-state index contributed by atoms with van der Waals surface area (Å²) in [6, 6.07) is 7.83. The molecule has 0 saturated heterocycles. The Kier molecular flexibility index (Phi) is 3.25. The zero-order valence-electron chi connectivity index (χ0n) is 11.4. The molecule has 0 bridgehead atoms. The third-order valence-corrected chi connectivity index (χ3v) is 3.06. The van der Waals surface area contributed by atoms with Gasteiger partial charge in [-0.3, -0.25) is 0 Å². The zero-order valence-corrected chi connectivity index (χ0v) is 11.4. The van der Waals surface area contributed by atoms with Gasteiger partial charge in [-0.15, -0.1) is 0 Å². The van der Waals surface area contributed by atoms with Crippen molar-refractivity contribution in [3.05, 3.63) is 48.3 Å². The quantitative estimate of drug-likeness (QED) is 0.788. The van der Waals surface area contributed by atoms with E-state index in [2.05, 4.69) is 15.3 Å². The van der Waals surface area contributed by atoms with E-state index in [4.69, 9.17) is 9.15 Å². The Labute approximate surface area is 116 Å². The number of rotatable bonds is 4. The van der Waals surface area contributed by atoms with Crippen molar-refractivity contribution in [2.45, 2.75) is 13.5 Å². The first kappa shape index (κ1) is 12.5. The van der Waals surface area contributed by atoms with Crippen molar-refractivity contribution in [1.29, 1.82) is 0 Å². The van der Waals surface area contributed by atoms with Gasteiger partial charge in [0.05, 0.1) is 19.9 Å². The zero-order chi connectivity index (χ0) is 13.9. The largest absolute Gasteiger partial charge is 0.496 e. The Balaban J connectivity index is 1.91. The average Bonchev–Trinajstić information content (AvgIpc) is 2.90. The topological polar surface area (TPSA) is 60.2 Å². The Morgan fingerprint density at radius 1 is 1.20 bits per heavy atom. The molecule has 1 N–H and O–H groups in total. The molecule has 0 atom stereocenters. The minimum Gasteiger partial charge on any atom is -0.496 e. The molecule has 0 aliphatic rings.